The van der Waals surface area contributed by atoms with Gasteiger partial charge in [0.25, 0.3) is 0 Å². The summed E-state index contributed by atoms with van der Waals surface area (Å²) >= 11 is 0. The van der Waals surface area contributed by atoms with E-state index in [1.807, 2.05) is 45.0 Å². The number of rotatable bonds is 5. The van der Waals surface area contributed by atoms with Gasteiger partial charge < -0.3 is 14.4 Å². The molecule has 1 aliphatic heterocycles. The maximum atomic E-state index is 12.3. The van der Waals surface area contributed by atoms with Gasteiger partial charge in [0.15, 0.2) is 0 Å². The topological polar surface area (TPSA) is 93.9 Å². The van der Waals surface area contributed by atoms with Crippen LogP contribution in [0.15, 0.2) is 24.3 Å². The Morgan fingerprint density at radius 1 is 1.32 bits per heavy atom. The summed E-state index contributed by atoms with van der Waals surface area (Å²) in [5, 5.41) is 0. The van der Waals surface area contributed by atoms with Gasteiger partial charge >= 0.3 is 6.09 Å². The van der Waals surface area contributed by atoms with Crippen LogP contribution in [0.1, 0.15) is 39.2 Å². The number of carbonyl (C=O) groups is 2. The molecule has 1 aromatic rings. The first-order chi connectivity index (χ1) is 11.8. The molecule has 1 atom stereocenters. The van der Waals surface area contributed by atoms with Crippen LogP contribution in [0.5, 0.6) is 5.75 Å². The van der Waals surface area contributed by atoms with Gasteiger partial charge in [-0.3, -0.25) is 10.2 Å². The van der Waals surface area contributed by atoms with Crippen LogP contribution in [0.2, 0.25) is 0 Å². The van der Waals surface area contributed by atoms with Crippen LogP contribution in [-0.2, 0) is 16.0 Å². The van der Waals surface area contributed by atoms with Crippen molar-refractivity contribution in [3.8, 4) is 5.75 Å². The number of nitrogens with one attached hydrogen (secondary N) is 1. The molecule has 0 aromatic heterocycles. The van der Waals surface area contributed by atoms with E-state index >= 15 is 0 Å². The molecule has 1 fully saturated rings. The van der Waals surface area contributed by atoms with Crippen LogP contribution >= 0.6 is 0 Å². The van der Waals surface area contributed by atoms with Crippen molar-refractivity contribution in [1.29, 1.82) is 0 Å². The van der Waals surface area contributed by atoms with E-state index in [1.54, 1.807) is 4.90 Å². The molecule has 2 amide bonds. The van der Waals surface area contributed by atoms with Gasteiger partial charge in [0, 0.05) is 12.1 Å². The van der Waals surface area contributed by atoms with E-state index in [4.69, 9.17) is 15.3 Å². The Kier molecular flexibility index (Phi) is 6.25. The number of benzene rings is 1. The third-order valence-corrected chi connectivity index (χ3v) is 3.92. The normalized spacial score (nSPS) is 17.3. The van der Waals surface area contributed by atoms with E-state index in [1.165, 1.54) is 0 Å². The Hall–Kier alpha value is -2.28. The first-order valence-corrected chi connectivity index (χ1v) is 8.50. The van der Waals surface area contributed by atoms with Gasteiger partial charge in [-0.05, 0) is 39.7 Å². The summed E-state index contributed by atoms with van der Waals surface area (Å²) in [5.41, 5.74) is 2.35. The largest absolute Gasteiger partial charge is 0.491 e. The molecule has 0 saturated carbocycles. The molecule has 0 bridgehead atoms. The minimum Gasteiger partial charge on any atom is -0.491 e. The lowest BCUT2D eigenvalue weighted by molar-refractivity contribution is -0.120. The minimum absolute atomic E-state index is 0.0359. The molecule has 2 rings (SSSR count). The number of nitrogens with two attached hydrogens (primary N) is 1. The predicted molar refractivity (Wildman–Crippen MR) is 93.9 cm³/mol. The monoisotopic (exact) mass is 349 g/mol. The SMILES string of the molecule is CC(C)(C)OC(=O)N1CCC[C@@H]1COc1ccccc1CC(=O)NN. The highest BCUT2D eigenvalue weighted by Gasteiger charge is 2.32. The molecule has 7 heteroatoms. The molecule has 25 heavy (non-hydrogen) atoms. The molecule has 1 heterocycles. The molecule has 138 valence electrons. The van der Waals surface area contributed by atoms with E-state index in [2.05, 4.69) is 5.43 Å². The fourth-order valence-corrected chi connectivity index (χ4v) is 2.77. The maximum absolute atomic E-state index is 12.3. The van der Waals surface area contributed by atoms with E-state index in [0.29, 0.717) is 18.9 Å². The van der Waals surface area contributed by atoms with Gasteiger partial charge in [-0.25, -0.2) is 10.6 Å². The van der Waals surface area contributed by atoms with Crippen LogP contribution in [0.4, 0.5) is 4.79 Å². The standard InChI is InChI=1S/C18H27N3O4/c1-18(2,3)25-17(23)21-10-6-8-14(21)12-24-15-9-5-4-7-13(15)11-16(22)20-19/h4-5,7,9,14H,6,8,10-12,19H2,1-3H3,(H,20,22)/t14-/m1/s1. The second-order valence-corrected chi connectivity index (χ2v) is 7.13. The summed E-state index contributed by atoms with van der Waals surface area (Å²) in [6, 6.07) is 7.29. The average molecular weight is 349 g/mol. The zero-order chi connectivity index (χ0) is 18.4. The van der Waals surface area contributed by atoms with Gasteiger partial charge in [0.05, 0.1) is 12.5 Å². The Balaban J connectivity index is 1.98. The first kappa shape index (κ1) is 19.1. The van der Waals surface area contributed by atoms with Crippen LogP contribution < -0.4 is 16.0 Å². The number of nitrogens with zero attached hydrogens (tertiary/aromatic N) is 1. The molecule has 1 saturated heterocycles. The molecular formula is C18H27N3O4. The molecule has 0 radical (unpaired) electrons. The number of ether oxygens (including phenoxy) is 2. The van der Waals surface area contributed by atoms with Crippen LogP contribution in [0.25, 0.3) is 0 Å². The fraction of sp³-hybridized carbons (Fsp3) is 0.556. The lowest BCUT2D eigenvalue weighted by Crippen LogP contribution is -2.42. The number of amides is 2. The molecule has 0 unspecified atom stereocenters. The molecule has 7 nitrogen and oxygen atoms in total. The van der Waals surface area contributed by atoms with Crippen LogP contribution in [-0.4, -0.2) is 41.7 Å². The van der Waals surface area contributed by atoms with E-state index in [-0.39, 0.29) is 24.5 Å². The first-order valence-electron chi connectivity index (χ1n) is 8.50. The van der Waals surface area contributed by atoms with Crippen molar-refractivity contribution in [2.24, 2.45) is 5.84 Å². The van der Waals surface area contributed by atoms with Gasteiger partial charge in [-0.1, -0.05) is 18.2 Å². The van der Waals surface area contributed by atoms with Gasteiger partial charge in [-0.15, -0.1) is 0 Å². The zero-order valence-corrected chi connectivity index (χ0v) is 15.1. The quantitative estimate of drug-likeness (QED) is 0.482. The number of hydrogen-bond donors (Lipinski definition) is 2. The third-order valence-electron chi connectivity index (χ3n) is 3.92. The number of likely N-dealkylation sites (tertiary alicyclic amines) is 1. The van der Waals surface area contributed by atoms with Crippen molar-refractivity contribution in [2.45, 2.75) is 51.7 Å². The summed E-state index contributed by atoms with van der Waals surface area (Å²) in [5.74, 6) is 5.49. The van der Waals surface area contributed by atoms with E-state index in [0.717, 1.165) is 18.4 Å². The molecule has 1 aromatic carbocycles. The number of hydrogen-bond acceptors (Lipinski definition) is 5. The Labute approximate surface area is 148 Å². The van der Waals surface area contributed by atoms with Crippen molar-refractivity contribution in [3.05, 3.63) is 29.8 Å². The highest BCUT2D eigenvalue weighted by Crippen LogP contribution is 2.24. The zero-order valence-electron chi connectivity index (χ0n) is 15.1. The molecular weight excluding hydrogens is 322 g/mol. The third kappa shape index (κ3) is 5.63. The molecule has 3 N–H and O–H groups in total. The lowest BCUT2D eigenvalue weighted by Gasteiger charge is -2.28. The summed E-state index contributed by atoms with van der Waals surface area (Å²) in [6.45, 7) is 6.59. The van der Waals surface area contributed by atoms with Crippen molar-refractivity contribution in [1.82, 2.24) is 10.3 Å². The molecule has 1 aliphatic rings. The fourth-order valence-electron chi connectivity index (χ4n) is 2.77. The number of para-hydroxylation sites is 1. The van der Waals surface area contributed by atoms with Gasteiger partial charge in [0.2, 0.25) is 5.91 Å². The smallest absolute Gasteiger partial charge is 0.410 e. The van der Waals surface area contributed by atoms with Crippen molar-refractivity contribution < 1.29 is 19.1 Å². The van der Waals surface area contributed by atoms with Gasteiger partial charge in [-0.2, -0.15) is 0 Å². The lowest BCUT2D eigenvalue weighted by atomic mass is 10.1. The Morgan fingerprint density at radius 3 is 2.72 bits per heavy atom. The highest BCUT2D eigenvalue weighted by molar-refractivity contribution is 5.78. The highest BCUT2D eigenvalue weighted by atomic mass is 16.6. The van der Waals surface area contributed by atoms with Crippen molar-refractivity contribution >= 4 is 12.0 Å². The average Bonchev–Trinajstić information content (AvgIpc) is 3.01. The Morgan fingerprint density at radius 2 is 2.04 bits per heavy atom. The molecule has 0 spiro atoms. The number of carbonyl (C=O) groups excluding carboxylic acids is 2. The maximum Gasteiger partial charge on any atom is 0.410 e. The minimum atomic E-state index is -0.521. The second-order valence-electron chi connectivity index (χ2n) is 7.13. The summed E-state index contributed by atoms with van der Waals surface area (Å²) in [6.07, 6.45) is 1.62. The number of hydrazine groups is 1. The second kappa shape index (κ2) is 8.20. The Bertz CT molecular complexity index is 613. The van der Waals surface area contributed by atoms with E-state index < -0.39 is 5.60 Å². The van der Waals surface area contributed by atoms with Gasteiger partial charge in [0.1, 0.15) is 18.0 Å². The summed E-state index contributed by atoms with van der Waals surface area (Å²) in [7, 11) is 0. The summed E-state index contributed by atoms with van der Waals surface area (Å²) in [4.78, 5) is 25.5. The van der Waals surface area contributed by atoms with E-state index in [9.17, 15) is 9.59 Å². The van der Waals surface area contributed by atoms with Crippen molar-refractivity contribution in [3.63, 3.8) is 0 Å². The van der Waals surface area contributed by atoms with Crippen LogP contribution in [0.3, 0.4) is 0 Å². The van der Waals surface area contributed by atoms with Crippen LogP contribution in [0, 0.1) is 0 Å². The summed E-state index contributed by atoms with van der Waals surface area (Å²) < 4.78 is 11.4. The predicted octanol–water partition coefficient (Wildman–Crippen LogP) is 2.00. The van der Waals surface area contributed by atoms with Crippen molar-refractivity contribution in [2.75, 3.05) is 13.2 Å². The molecule has 0 aliphatic carbocycles.